The smallest absolute Gasteiger partial charge is 0.326 e. The zero-order valence-electron chi connectivity index (χ0n) is 11.7. The maximum absolute atomic E-state index is 13.7. The Hall–Kier alpha value is -2.63. The molecule has 6 heteroatoms. The molecule has 0 spiro atoms. The van der Waals surface area contributed by atoms with E-state index in [2.05, 4.69) is 0 Å². The fraction of sp³-hybridized carbons (Fsp3) is 0.250. The number of hydrogen-bond acceptors (Lipinski definition) is 3. The number of carbonyl (C=O) groups excluding carboxylic acids is 1. The molecule has 0 aliphatic carbocycles. The van der Waals surface area contributed by atoms with Crippen molar-refractivity contribution in [2.45, 2.75) is 18.9 Å². The number of furan rings is 1. The van der Waals surface area contributed by atoms with E-state index in [0.717, 1.165) is 0 Å². The Morgan fingerprint density at radius 3 is 2.73 bits per heavy atom. The quantitative estimate of drug-likeness (QED) is 0.946. The third kappa shape index (κ3) is 2.47. The first-order valence-electron chi connectivity index (χ1n) is 6.96. The van der Waals surface area contributed by atoms with E-state index in [9.17, 15) is 14.0 Å². The van der Waals surface area contributed by atoms with E-state index in [4.69, 9.17) is 9.52 Å². The Morgan fingerprint density at radius 1 is 1.23 bits per heavy atom. The number of nitrogens with zero attached hydrogens (tertiary/aromatic N) is 1. The summed E-state index contributed by atoms with van der Waals surface area (Å²) < 4.78 is 19.2. The van der Waals surface area contributed by atoms with Crippen LogP contribution in [0.25, 0.3) is 11.3 Å². The molecule has 0 bridgehead atoms. The Bertz CT molecular complexity index is 724. The van der Waals surface area contributed by atoms with Crippen molar-refractivity contribution in [1.82, 2.24) is 4.90 Å². The summed E-state index contributed by atoms with van der Waals surface area (Å²) in [5.41, 5.74) is 0.262. The van der Waals surface area contributed by atoms with Crippen LogP contribution in [-0.4, -0.2) is 34.5 Å². The maximum atomic E-state index is 13.7. The number of carbonyl (C=O) groups is 2. The van der Waals surface area contributed by atoms with E-state index in [1.807, 2.05) is 0 Å². The van der Waals surface area contributed by atoms with Crippen molar-refractivity contribution in [2.24, 2.45) is 0 Å². The van der Waals surface area contributed by atoms with E-state index in [-0.39, 0.29) is 17.1 Å². The van der Waals surface area contributed by atoms with Crippen LogP contribution in [0.3, 0.4) is 0 Å². The van der Waals surface area contributed by atoms with Gasteiger partial charge in [-0.2, -0.15) is 0 Å². The highest BCUT2D eigenvalue weighted by Crippen LogP contribution is 2.27. The molecule has 2 aromatic rings. The molecule has 1 fully saturated rings. The third-order valence-electron chi connectivity index (χ3n) is 3.75. The lowest BCUT2D eigenvalue weighted by atomic mass is 10.1. The molecule has 1 N–H and O–H groups in total. The number of hydrogen-bond donors (Lipinski definition) is 1. The normalized spacial score (nSPS) is 17.7. The van der Waals surface area contributed by atoms with Crippen LogP contribution in [0.15, 0.2) is 40.8 Å². The van der Waals surface area contributed by atoms with E-state index in [1.165, 1.54) is 23.1 Å². The summed E-state index contributed by atoms with van der Waals surface area (Å²) in [4.78, 5) is 24.8. The Labute approximate surface area is 126 Å². The zero-order valence-corrected chi connectivity index (χ0v) is 11.7. The van der Waals surface area contributed by atoms with E-state index in [1.54, 1.807) is 18.2 Å². The monoisotopic (exact) mass is 303 g/mol. The topological polar surface area (TPSA) is 70.8 Å². The molecule has 1 aromatic heterocycles. The minimum absolute atomic E-state index is 0.0198. The van der Waals surface area contributed by atoms with Crippen LogP contribution in [0, 0.1) is 5.82 Å². The van der Waals surface area contributed by atoms with E-state index in [0.29, 0.717) is 19.4 Å². The molecule has 1 atom stereocenters. The maximum Gasteiger partial charge on any atom is 0.326 e. The van der Waals surface area contributed by atoms with Crippen LogP contribution in [-0.2, 0) is 4.79 Å². The highest BCUT2D eigenvalue weighted by molar-refractivity contribution is 5.95. The number of halogens is 1. The van der Waals surface area contributed by atoms with Gasteiger partial charge in [-0.3, -0.25) is 4.79 Å². The second-order valence-electron chi connectivity index (χ2n) is 5.14. The van der Waals surface area contributed by atoms with Crippen LogP contribution >= 0.6 is 0 Å². The van der Waals surface area contributed by atoms with Gasteiger partial charge in [0.25, 0.3) is 5.91 Å². The molecule has 0 radical (unpaired) electrons. The number of aliphatic carboxylic acids is 1. The summed E-state index contributed by atoms with van der Waals surface area (Å²) in [5.74, 6) is -1.68. The molecule has 3 rings (SSSR count). The average molecular weight is 303 g/mol. The second kappa shape index (κ2) is 5.63. The summed E-state index contributed by atoms with van der Waals surface area (Å²) in [6, 6.07) is 8.23. The van der Waals surface area contributed by atoms with Crippen molar-refractivity contribution in [3.05, 3.63) is 48.0 Å². The first-order chi connectivity index (χ1) is 10.6. The van der Waals surface area contributed by atoms with Crippen LogP contribution in [0.4, 0.5) is 4.39 Å². The number of carboxylic acid groups (broad SMARTS) is 1. The highest BCUT2D eigenvalue weighted by Gasteiger charge is 2.35. The first kappa shape index (κ1) is 14.3. The summed E-state index contributed by atoms with van der Waals surface area (Å²) in [5, 5.41) is 9.12. The molecule has 0 saturated carbocycles. The standard InChI is InChI=1S/C16H14FNO4/c17-11-5-2-1-4-10(11)13-7-8-14(22-13)15(19)18-9-3-6-12(18)16(20)21/h1-2,4-5,7-8,12H,3,6,9H2,(H,20,21). The fourth-order valence-electron chi connectivity index (χ4n) is 2.67. The lowest BCUT2D eigenvalue weighted by Gasteiger charge is -2.19. The number of carboxylic acids is 1. The van der Waals surface area contributed by atoms with Gasteiger partial charge in [-0.05, 0) is 37.1 Å². The van der Waals surface area contributed by atoms with Gasteiger partial charge in [-0.25, -0.2) is 9.18 Å². The number of rotatable bonds is 3. The van der Waals surface area contributed by atoms with Crippen LogP contribution < -0.4 is 0 Å². The molecule has 2 heterocycles. The highest BCUT2D eigenvalue weighted by atomic mass is 19.1. The Morgan fingerprint density at radius 2 is 2.00 bits per heavy atom. The number of likely N-dealkylation sites (tertiary alicyclic amines) is 1. The van der Waals surface area contributed by atoms with Crippen molar-refractivity contribution in [1.29, 1.82) is 0 Å². The van der Waals surface area contributed by atoms with Gasteiger partial charge in [0.2, 0.25) is 0 Å². The van der Waals surface area contributed by atoms with Gasteiger partial charge in [0.15, 0.2) is 5.76 Å². The SMILES string of the molecule is O=C(O)C1CCCN1C(=O)c1ccc(-c2ccccc2F)o1. The van der Waals surface area contributed by atoms with Crippen molar-refractivity contribution in [3.8, 4) is 11.3 Å². The van der Waals surface area contributed by atoms with Crippen LogP contribution in [0.5, 0.6) is 0 Å². The Balaban J connectivity index is 1.86. The van der Waals surface area contributed by atoms with Gasteiger partial charge in [0.1, 0.15) is 17.6 Å². The predicted molar refractivity (Wildman–Crippen MR) is 75.8 cm³/mol. The molecule has 114 valence electrons. The fourth-order valence-corrected chi connectivity index (χ4v) is 2.67. The average Bonchev–Trinajstić information content (AvgIpc) is 3.16. The molecule has 1 saturated heterocycles. The van der Waals surface area contributed by atoms with Crippen molar-refractivity contribution in [2.75, 3.05) is 6.54 Å². The zero-order chi connectivity index (χ0) is 15.7. The lowest BCUT2D eigenvalue weighted by molar-refractivity contribution is -0.141. The van der Waals surface area contributed by atoms with Gasteiger partial charge in [-0.1, -0.05) is 12.1 Å². The third-order valence-corrected chi connectivity index (χ3v) is 3.75. The number of amides is 1. The predicted octanol–water partition coefficient (Wildman–Crippen LogP) is 2.77. The molecule has 1 aliphatic heterocycles. The van der Waals surface area contributed by atoms with Gasteiger partial charge in [0, 0.05) is 6.54 Å². The van der Waals surface area contributed by atoms with Gasteiger partial charge >= 0.3 is 5.97 Å². The minimum atomic E-state index is -1.02. The van der Waals surface area contributed by atoms with Gasteiger partial charge in [-0.15, -0.1) is 0 Å². The van der Waals surface area contributed by atoms with Crippen molar-refractivity contribution < 1.29 is 23.5 Å². The summed E-state index contributed by atoms with van der Waals surface area (Å²) in [7, 11) is 0. The molecule has 1 aromatic carbocycles. The lowest BCUT2D eigenvalue weighted by Crippen LogP contribution is -2.40. The molecule has 1 unspecified atom stereocenters. The first-order valence-corrected chi connectivity index (χ1v) is 6.96. The van der Waals surface area contributed by atoms with E-state index >= 15 is 0 Å². The van der Waals surface area contributed by atoms with Gasteiger partial charge in [0.05, 0.1) is 5.56 Å². The largest absolute Gasteiger partial charge is 0.480 e. The molecular weight excluding hydrogens is 289 g/mol. The molecule has 5 nitrogen and oxygen atoms in total. The summed E-state index contributed by atoms with van der Waals surface area (Å²) >= 11 is 0. The second-order valence-corrected chi connectivity index (χ2v) is 5.14. The molecule has 22 heavy (non-hydrogen) atoms. The summed E-state index contributed by atoms with van der Waals surface area (Å²) in [6.45, 7) is 0.380. The van der Waals surface area contributed by atoms with Crippen LogP contribution in [0.1, 0.15) is 23.4 Å². The summed E-state index contributed by atoms with van der Waals surface area (Å²) in [6.07, 6.45) is 1.07. The van der Waals surface area contributed by atoms with Gasteiger partial charge < -0.3 is 14.4 Å². The van der Waals surface area contributed by atoms with E-state index < -0.39 is 23.7 Å². The van der Waals surface area contributed by atoms with Crippen molar-refractivity contribution in [3.63, 3.8) is 0 Å². The molecule has 1 amide bonds. The number of benzene rings is 1. The van der Waals surface area contributed by atoms with Crippen LogP contribution in [0.2, 0.25) is 0 Å². The minimum Gasteiger partial charge on any atom is -0.480 e. The molecule has 1 aliphatic rings. The Kier molecular flexibility index (Phi) is 3.66. The molecular formula is C16H14FNO4. The van der Waals surface area contributed by atoms with Crippen molar-refractivity contribution >= 4 is 11.9 Å².